The van der Waals surface area contributed by atoms with Gasteiger partial charge < -0.3 is 21.3 Å². The molecule has 2 aromatic heterocycles. The van der Waals surface area contributed by atoms with Gasteiger partial charge >= 0.3 is 0 Å². The Morgan fingerprint density at radius 1 is 1.03 bits per heavy atom. The average Bonchev–Trinajstić information content (AvgIpc) is 3.39. The van der Waals surface area contributed by atoms with E-state index >= 15 is 0 Å². The molecule has 1 atom stereocenters. The van der Waals surface area contributed by atoms with Crippen molar-refractivity contribution in [1.82, 2.24) is 19.9 Å². The van der Waals surface area contributed by atoms with Crippen molar-refractivity contribution in [2.24, 2.45) is 11.1 Å². The summed E-state index contributed by atoms with van der Waals surface area (Å²) >= 11 is 0. The smallest absolute Gasteiger partial charge is 0.276 e. The fourth-order valence-corrected chi connectivity index (χ4v) is 5.69. The first-order valence-electron chi connectivity index (χ1n) is 11.5. The Kier molecular flexibility index (Phi) is 4.58. The molecule has 1 unspecified atom stereocenters. The largest absolute Gasteiger partial charge is 0.382 e. The fraction of sp³-hybridized carbons (Fsp3) is 0.360. The molecule has 33 heavy (non-hydrogen) atoms. The summed E-state index contributed by atoms with van der Waals surface area (Å²) in [5.41, 5.74) is 17.9. The number of nitrogens with zero attached hydrogens (tertiary/aromatic N) is 5. The van der Waals surface area contributed by atoms with Crippen molar-refractivity contribution >= 4 is 17.5 Å². The molecule has 1 saturated heterocycles. The third-order valence-corrected chi connectivity index (χ3v) is 7.64. The van der Waals surface area contributed by atoms with Gasteiger partial charge in [0, 0.05) is 31.9 Å². The van der Waals surface area contributed by atoms with E-state index in [0.717, 1.165) is 43.6 Å². The van der Waals surface area contributed by atoms with Crippen molar-refractivity contribution < 1.29 is 4.79 Å². The number of hydrogen-bond donors (Lipinski definition) is 2. The third-order valence-electron chi connectivity index (χ3n) is 7.64. The topological polar surface area (TPSA) is 114 Å². The molecule has 4 N–H and O–H groups in total. The molecule has 1 fully saturated rings. The molecule has 0 saturated carbocycles. The van der Waals surface area contributed by atoms with Crippen LogP contribution in [0.4, 0.5) is 11.6 Å². The summed E-state index contributed by atoms with van der Waals surface area (Å²) in [6, 6.07) is 12.5. The molecule has 8 heteroatoms. The first-order valence-corrected chi connectivity index (χ1v) is 11.5. The van der Waals surface area contributed by atoms with E-state index in [2.05, 4.69) is 44.1 Å². The lowest BCUT2D eigenvalue weighted by atomic mass is 9.73. The molecule has 0 radical (unpaired) electrons. The van der Waals surface area contributed by atoms with Gasteiger partial charge in [-0.15, -0.1) is 0 Å². The van der Waals surface area contributed by atoms with E-state index in [0.29, 0.717) is 18.9 Å². The molecular formula is C25H27N7O. The van der Waals surface area contributed by atoms with Crippen molar-refractivity contribution in [3.05, 3.63) is 76.9 Å². The molecular weight excluding hydrogens is 414 g/mol. The van der Waals surface area contributed by atoms with Crippen molar-refractivity contribution in [3.63, 3.8) is 0 Å². The number of nitrogen functional groups attached to an aromatic ring is 1. The number of rotatable bonds is 2. The van der Waals surface area contributed by atoms with Crippen LogP contribution in [0.2, 0.25) is 0 Å². The summed E-state index contributed by atoms with van der Waals surface area (Å²) in [5, 5.41) is 0. The van der Waals surface area contributed by atoms with Crippen LogP contribution in [0.3, 0.4) is 0 Å². The van der Waals surface area contributed by atoms with Gasteiger partial charge in [-0.3, -0.25) is 9.78 Å². The molecule has 3 aromatic rings. The fourth-order valence-electron chi connectivity index (χ4n) is 5.69. The Morgan fingerprint density at radius 2 is 1.82 bits per heavy atom. The van der Waals surface area contributed by atoms with E-state index < -0.39 is 0 Å². The van der Waals surface area contributed by atoms with Gasteiger partial charge in [0.05, 0.1) is 18.4 Å². The molecule has 6 rings (SSSR count). The van der Waals surface area contributed by atoms with E-state index in [1.807, 2.05) is 12.1 Å². The van der Waals surface area contributed by atoms with Crippen LogP contribution in [0.5, 0.6) is 0 Å². The highest BCUT2D eigenvalue weighted by Crippen LogP contribution is 2.50. The van der Waals surface area contributed by atoms with Gasteiger partial charge in [-0.25, -0.2) is 9.97 Å². The van der Waals surface area contributed by atoms with Crippen LogP contribution in [0.1, 0.15) is 51.8 Å². The van der Waals surface area contributed by atoms with Crippen molar-refractivity contribution in [2.45, 2.75) is 38.4 Å². The van der Waals surface area contributed by atoms with Gasteiger partial charge in [0.1, 0.15) is 5.82 Å². The maximum atomic E-state index is 13.0. The molecule has 1 amide bonds. The Hall–Kier alpha value is -3.52. The van der Waals surface area contributed by atoms with E-state index in [9.17, 15) is 4.79 Å². The van der Waals surface area contributed by atoms with Crippen molar-refractivity contribution in [2.75, 3.05) is 23.7 Å². The molecule has 8 nitrogen and oxygen atoms in total. The molecule has 4 heterocycles. The average molecular weight is 442 g/mol. The van der Waals surface area contributed by atoms with Crippen molar-refractivity contribution in [1.29, 1.82) is 0 Å². The minimum atomic E-state index is -0.211. The highest BCUT2D eigenvalue weighted by atomic mass is 16.2. The lowest BCUT2D eigenvalue weighted by Crippen LogP contribution is -2.44. The van der Waals surface area contributed by atoms with Crippen LogP contribution in [-0.4, -0.2) is 38.8 Å². The Labute approximate surface area is 192 Å². The first kappa shape index (κ1) is 20.1. The highest BCUT2D eigenvalue weighted by Gasteiger charge is 2.46. The van der Waals surface area contributed by atoms with Gasteiger partial charge in [0.15, 0.2) is 11.5 Å². The first-order chi connectivity index (χ1) is 16.0. The van der Waals surface area contributed by atoms with Gasteiger partial charge in [-0.2, -0.15) is 0 Å². The molecule has 3 aliphatic rings. The normalized spacial score (nSPS) is 20.7. The zero-order valence-corrected chi connectivity index (χ0v) is 18.4. The number of benzene rings is 1. The van der Waals surface area contributed by atoms with E-state index in [-0.39, 0.29) is 28.9 Å². The molecule has 0 bridgehead atoms. The summed E-state index contributed by atoms with van der Waals surface area (Å²) < 4.78 is 0. The quantitative estimate of drug-likeness (QED) is 0.628. The van der Waals surface area contributed by atoms with Crippen LogP contribution in [0.25, 0.3) is 0 Å². The van der Waals surface area contributed by atoms with Gasteiger partial charge in [-0.1, -0.05) is 30.3 Å². The second-order valence-electron chi connectivity index (χ2n) is 9.44. The Balaban J connectivity index is 1.15. The highest BCUT2D eigenvalue weighted by molar-refractivity contribution is 5.96. The third kappa shape index (κ3) is 3.24. The molecule has 1 aliphatic carbocycles. The monoisotopic (exact) mass is 441 g/mol. The predicted octanol–water partition coefficient (Wildman–Crippen LogP) is 2.45. The Morgan fingerprint density at radius 3 is 2.58 bits per heavy atom. The number of amides is 1. The van der Waals surface area contributed by atoms with Gasteiger partial charge in [0.25, 0.3) is 5.91 Å². The zero-order valence-electron chi connectivity index (χ0n) is 18.4. The SMILES string of the molecule is Nc1nc(N2CCC3(CC2)Cc2ccccc2C3N)cnc1C(=O)N1Cc2cccnc2C1. The number of carbonyl (C=O) groups is 1. The van der Waals surface area contributed by atoms with E-state index in [4.69, 9.17) is 11.5 Å². The maximum absolute atomic E-state index is 13.0. The van der Waals surface area contributed by atoms with Crippen LogP contribution in [0.15, 0.2) is 48.8 Å². The number of aromatic nitrogens is 3. The van der Waals surface area contributed by atoms with Crippen LogP contribution in [0, 0.1) is 5.41 Å². The Bertz CT molecular complexity index is 1210. The summed E-state index contributed by atoms with van der Waals surface area (Å²) in [7, 11) is 0. The van der Waals surface area contributed by atoms with Crippen LogP contribution in [-0.2, 0) is 19.5 Å². The number of pyridine rings is 1. The lowest BCUT2D eigenvalue weighted by Gasteiger charge is -2.42. The second-order valence-corrected chi connectivity index (χ2v) is 9.44. The summed E-state index contributed by atoms with van der Waals surface area (Å²) in [6.07, 6.45) is 6.43. The van der Waals surface area contributed by atoms with Crippen molar-refractivity contribution in [3.8, 4) is 0 Å². The van der Waals surface area contributed by atoms with E-state index in [1.54, 1.807) is 17.3 Å². The second kappa shape index (κ2) is 7.52. The maximum Gasteiger partial charge on any atom is 0.276 e. The van der Waals surface area contributed by atoms with Crippen LogP contribution < -0.4 is 16.4 Å². The summed E-state index contributed by atoms with van der Waals surface area (Å²) in [4.78, 5) is 30.3. The van der Waals surface area contributed by atoms with Crippen LogP contribution >= 0.6 is 0 Å². The minimum absolute atomic E-state index is 0.0751. The number of fused-ring (bicyclic) bond motifs is 2. The standard InChI is InChI=1S/C25H27N7O/c26-22-18-6-2-1-4-16(18)12-25(22)7-10-31(11-8-25)20-13-29-21(23(27)30-20)24(33)32-14-17-5-3-9-28-19(17)15-32/h1-6,9,13,22H,7-8,10-12,14-15,26H2,(H2,27,30). The van der Waals surface area contributed by atoms with Gasteiger partial charge in [0.2, 0.25) is 0 Å². The van der Waals surface area contributed by atoms with E-state index in [1.165, 1.54) is 11.1 Å². The number of nitrogens with two attached hydrogens (primary N) is 2. The number of anilines is 2. The number of carbonyl (C=O) groups excluding carboxylic acids is 1. The molecule has 1 aromatic carbocycles. The predicted molar refractivity (Wildman–Crippen MR) is 125 cm³/mol. The molecule has 168 valence electrons. The minimum Gasteiger partial charge on any atom is -0.382 e. The van der Waals surface area contributed by atoms with Gasteiger partial charge in [-0.05, 0) is 47.4 Å². The lowest BCUT2D eigenvalue weighted by molar-refractivity contribution is 0.0745. The number of hydrogen-bond acceptors (Lipinski definition) is 7. The summed E-state index contributed by atoms with van der Waals surface area (Å²) in [5.74, 6) is 0.679. The molecule has 1 spiro atoms. The zero-order chi connectivity index (χ0) is 22.6. The molecule has 2 aliphatic heterocycles. The summed E-state index contributed by atoms with van der Waals surface area (Å²) in [6.45, 7) is 2.67. The number of piperidine rings is 1.